The number of hydrogen-bond donors (Lipinski definition) is 3. The van der Waals surface area contributed by atoms with Gasteiger partial charge in [0.25, 0.3) is 5.88 Å². The van der Waals surface area contributed by atoms with Crippen molar-refractivity contribution >= 4 is 11.9 Å². The molecule has 1 aromatic rings. The van der Waals surface area contributed by atoms with Gasteiger partial charge in [-0.05, 0) is 11.6 Å². The Balaban J connectivity index is 2.89. The van der Waals surface area contributed by atoms with Gasteiger partial charge in [0.1, 0.15) is 11.8 Å². The van der Waals surface area contributed by atoms with Crippen molar-refractivity contribution in [3.8, 4) is 5.88 Å². The van der Waals surface area contributed by atoms with Crippen LogP contribution in [-0.2, 0) is 22.4 Å². The van der Waals surface area contributed by atoms with E-state index in [1.165, 1.54) is 0 Å². The first-order chi connectivity index (χ1) is 9.45. The summed E-state index contributed by atoms with van der Waals surface area (Å²) in [4.78, 5) is 21.3. The number of aromatic nitrogens is 1. The highest BCUT2D eigenvalue weighted by molar-refractivity contribution is 5.73. The van der Waals surface area contributed by atoms with Crippen molar-refractivity contribution < 1.29 is 29.1 Å². The van der Waals surface area contributed by atoms with Gasteiger partial charge < -0.3 is 25.2 Å². The largest absolute Gasteiger partial charge is 0.480 e. The number of aryl methyl sites for hydroxylation is 1. The maximum Gasteiger partial charge on any atom is 0.341 e. The Labute approximate surface area is 115 Å². The zero-order valence-corrected chi connectivity index (χ0v) is 11.2. The van der Waals surface area contributed by atoms with Crippen molar-refractivity contribution in [2.24, 2.45) is 5.73 Å². The average Bonchev–Trinajstić information content (AvgIpc) is 2.76. The van der Waals surface area contributed by atoms with Crippen molar-refractivity contribution in [2.75, 3.05) is 6.61 Å². The average molecular weight is 286 g/mol. The monoisotopic (exact) mass is 286 g/mol. The van der Waals surface area contributed by atoms with Gasteiger partial charge in [-0.25, -0.2) is 4.79 Å². The maximum absolute atomic E-state index is 10.8. The van der Waals surface area contributed by atoms with E-state index < -0.39 is 24.6 Å². The molecule has 0 aliphatic carbocycles. The third-order valence-electron chi connectivity index (χ3n) is 2.66. The Kier molecular flexibility index (Phi) is 5.98. The topological polar surface area (TPSA) is 136 Å². The quantitative estimate of drug-likeness (QED) is 0.594. The van der Waals surface area contributed by atoms with E-state index in [4.69, 9.17) is 25.2 Å². The van der Waals surface area contributed by atoms with Crippen LogP contribution in [0.4, 0.5) is 0 Å². The van der Waals surface area contributed by atoms with E-state index in [2.05, 4.69) is 5.16 Å². The number of carboxylic acids is 2. The predicted octanol–water partition coefficient (Wildman–Crippen LogP) is 0.435. The highest BCUT2D eigenvalue weighted by Gasteiger charge is 2.23. The number of nitrogens with zero attached hydrogens (tertiary/aromatic N) is 1. The van der Waals surface area contributed by atoms with Crippen LogP contribution in [0, 0.1) is 0 Å². The molecule has 1 aromatic heterocycles. The SMILES string of the molecule is CCCCc1onc(OCC(=O)O)c1C[C@@H](N)C(=O)O. The number of carboxylic acid groups (broad SMARTS) is 2. The molecule has 0 saturated heterocycles. The molecular weight excluding hydrogens is 268 g/mol. The lowest BCUT2D eigenvalue weighted by Gasteiger charge is -2.07. The van der Waals surface area contributed by atoms with Crippen molar-refractivity contribution in [1.82, 2.24) is 5.16 Å². The number of aliphatic carboxylic acids is 2. The maximum atomic E-state index is 10.8. The molecule has 112 valence electrons. The van der Waals surface area contributed by atoms with Crippen LogP contribution in [0.2, 0.25) is 0 Å². The van der Waals surface area contributed by atoms with Gasteiger partial charge in [0.2, 0.25) is 0 Å². The van der Waals surface area contributed by atoms with E-state index in [-0.39, 0.29) is 12.3 Å². The molecule has 8 heteroatoms. The fourth-order valence-corrected chi connectivity index (χ4v) is 1.61. The third-order valence-corrected chi connectivity index (χ3v) is 2.66. The Hall–Kier alpha value is -2.09. The van der Waals surface area contributed by atoms with E-state index >= 15 is 0 Å². The highest BCUT2D eigenvalue weighted by atomic mass is 16.5. The van der Waals surface area contributed by atoms with Crippen LogP contribution >= 0.6 is 0 Å². The molecule has 0 aliphatic heterocycles. The molecule has 8 nitrogen and oxygen atoms in total. The number of rotatable bonds is 9. The molecule has 1 atom stereocenters. The zero-order chi connectivity index (χ0) is 15.1. The van der Waals surface area contributed by atoms with E-state index in [0.717, 1.165) is 12.8 Å². The molecule has 1 rings (SSSR count). The van der Waals surface area contributed by atoms with Crippen LogP contribution in [0.3, 0.4) is 0 Å². The van der Waals surface area contributed by atoms with E-state index in [9.17, 15) is 9.59 Å². The number of hydrogen-bond acceptors (Lipinski definition) is 6. The smallest absolute Gasteiger partial charge is 0.341 e. The van der Waals surface area contributed by atoms with E-state index in [0.29, 0.717) is 17.7 Å². The molecule has 0 fully saturated rings. The normalized spacial score (nSPS) is 12.1. The lowest BCUT2D eigenvalue weighted by Crippen LogP contribution is -2.32. The first-order valence-corrected chi connectivity index (χ1v) is 6.26. The van der Waals surface area contributed by atoms with Crippen molar-refractivity contribution in [1.29, 1.82) is 0 Å². The van der Waals surface area contributed by atoms with E-state index in [1.54, 1.807) is 0 Å². The van der Waals surface area contributed by atoms with Crippen molar-refractivity contribution in [3.05, 3.63) is 11.3 Å². The molecule has 4 N–H and O–H groups in total. The first-order valence-electron chi connectivity index (χ1n) is 6.26. The molecule has 0 aromatic carbocycles. The summed E-state index contributed by atoms with van der Waals surface area (Å²) in [5, 5.41) is 21.1. The van der Waals surface area contributed by atoms with Crippen LogP contribution in [-0.4, -0.2) is 40.0 Å². The fourth-order valence-electron chi connectivity index (χ4n) is 1.61. The molecule has 1 heterocycles. The summed E-state index contributed by atoms with van der Waals surface area (Å²) in [5.74, 6) is -1.83. The van der Waals surface area contributed by atoms with Gasteiger partial charge in [-0.15, -0.1) is 0 Å². The number of unbranched alkanes of at least 4 members (excludes halogenated alkanes) is 1. The molecule has 0 saturated carbocycles. The second kappa shape index (κ2) is 7.49. The molecule has 0 aliphatic rings. The Morgan fingerprint density at radius 3 is 2.70 bits per heavy atom. The summed E-state index contributed by atoms with van der Waals surface area (Å²) < 4.78 is 10.1. The fraction of sp³-hybridized carbons (Fsp3) is 0.583. The molecule has 20 heavy (non-hydrogen) atoms. The number of ether oxygens (including phenoxy) is 1. The van der Waals surface area contributed by atoms with Gasteiger partial charge in [-0.2, -0.15) is 0 Å². The Morgan fingerprint density at radius 2 is 2.15 bits per heavy atom. The van der Waals surface area contributed by atoms with Gasteiger partial charge in [0.05, 0.1) is 5.56 Å². The minimum atomic E-state index is -1.16. The van der Waals surface area contributed by atoms with Crippen LogP contribution in [0.15, 0.2) is 4.52 Å². The van der Waals surface area contributed by atoms with Gasteiger partial charge in [-0.3, -0.25) is 4.79 Å². The summed E-state index contributed by atoms with van der Waals surface area (Å²) in [6.07, 6.45) is 2.31. The van der Waals surface area contributed by atoms with Crippen molar-refractivity contribution in [3.63, 3.8) is 0 Å². The second-order valence-electron chi connectivity index (χ2n) is 4.32. The lowest BCUT2D eigenvalue weighted by molar-refractivity contribution is -0.140. The predicted molar refractivity (Wildman–Crippen MR) is 67.6 cm³/mol. The van der Waals surface area contributed by atoms with Gasteiger partial charge in [0.15, 0.2) is 6.61 Å². The van der Waals surface area contributed by atoms with Gasteiger partial charge in [-0.1, -0.05) is 13.3 Å². The Bertz CT molecular complexity index is 471. The third kappa shape index (κ3) is 4.54. The summed E-state index contributed by atoms with van der Waals surface area (Å²) >= 11 is 0. The van der Waals surface area contributed by atoms with Crippen LogP contribution < -0.4 is 10.5 Å². The van der Waals surface area contributed by atoms with E-state index in [1.807, 2.05) is 6.92 Å². The molecule has 0 amide bonds. The molecule has 0 radical (unpaired) electrons. The standard InChI is InChI=1S/C12H18N2O6/c1-2-3-4-9-7(5-8(13)12(17)18)11(14-20-9)19-6-10(15)16/h8H,2-6,13H2,1H3,(H,15,16)(H,17,18)/t8-/m1/s1. The Morgan fingerprint density at radius 1 is 1.45 bits per heavy atom. The van der Waals surface area contributed by atoms with Crippen molar-refractivity contribution in [2.45, 2.75) is 38.6 Å². The minimum Gasteiger partial charge on any atom is -0.480 e. The molecular formula is C12H18N2O6. The van der Waals surface area contributed by atoms with Crippen LogP contribution in [0.1, 0.15) is 31.1 Å². The van der Waals surface area contributed by atoms with Gasteiger partial charge in [0, 0.05) is 12.8 Å². The lowest BCUT2D eigenvalue weighted by atomic mass is 10.0. The summed E-state index contributed by atoms with van der Waals surface area (Å²) in [7, 11) is 0. The summed E-state index contributed by atoms with van der Waals surface area (Å²) in [5.41, 5.74) is 5.91. The first kappa shape index (κ1) is 16.0. The summed E-state index contributed by atoms with van der Waals surface area (Å²) in [6, 6.07) is -1.12. The molecule has 0 bridgehead atoms. The summed E-state index contributed by atoms with van der Waals surface area (Å²) in [6.45, 7) is 1.43. The zero-order valence-electron chi connectivity index (χ0n) is 11.2. The number of carbonyl (C=O) groups is 2. The minimum absolute atomic E-state index is 0.00444. The van der Waals surface area contributed by atoms with Gasteiger partial charge >= 0.3 is 11.9 Å². The highest BCUT2D eigenvalue weighted by Crippen LogP contribution is 2.24. The molecule has 0 unspecified atom stereocenters. The molecule has 0 spiro atoms. The second-order valence-corrected chi connectivity index (χ2v) is 4.32. The van der Waals surface area contributed by atoms with Crippen LogP contribution in [0.5, 0.6) is 5.88 Å². The number of nitrogens with two attached hydrogens (primary N) is 1. The van der Waals surface area contributed by atoms with Crippen LogP contribution in [0.25, 0.3) is 0 Å².